The van der Waals surface area contributed by atoms with Crippen LogP contribution in [-0.2, 0) is 7.05 Å². The molecule has 0 aliphatic carbocycles. The Morgan fingerprint density at radius 1 is 1.25 bits per heavy atom. The highest BCUT2D eigenvalue weighted by molar-refractivity contribution is 6.30. The fourth-order valence-corrected chi connectivity index (χ4v) is 1.89. The van der Waals surface area contributed by atoms with Crippen molar-refractivity contribution >= 4 is 34.7 Å². The smallest absolute Gasteiger partial charge is 0.163 e. The Labute approximate surface area is 120 Å². The van der Waals surface area contributed by atoms with Gasteiger partial charge in [0.1, 0.15) is 6.33 Å². The number of anilines is 1. The average Bonchev–Trinajstić information content (AvgIpc) is 2.84. The summed E-state index contributed by atoms with van der Waals surface area (Å²) in [6.45, 7) is 0. The first-order chi connectivity index (χ1) is 9.74. The molecule has 7 heteroatoms. The molecule has 0 radical (unpaired) electrons. The molecule has 2 aromatic heterocycles. The fraction of sp³-hybridized carbons (Fsp3) is 0.0769. The minimum Gasteiger partial charge on any atom is -0.261 e. The molecule has 2 heterocycles. The third-order valence-corrected chi connectivity index (χ3v) is 3.04. The van der Waals surface area contributed by atoms with E-state index < -0.39 is 0 Å². The summed E-state index contributed by atoms with van der Waals surface area (Å²) in [6, 6.07) is 7.39. The number of aryl methyl sites for hydroxylation is 1. The third-order valence-electron chi connectivity index (χ3n) is 2.78. The summed E-state index contributed by atoms with van der Waals surface area (Å²) < 4.78 is 1.69. The minimum atomic E-state index is 0.619. The van der Waals surface area contributed by atoms with Gasteiger partial charge in [0.15, 0.2) is 11.5 Å². The van der Waals surface area contributed by atoms with Crippen LogP contribution in [0.25, 0.3) is 11.0 Å². The van der Waals surface area contributed by atoms with E-state index in [0.717, 1.165) is 16.6 Å². The number of hydrazone groups is 1. The van der Waals surface area contributed by atoms with Gasteiger partial charge >= 0.3 is 0 Å². The Kier molecular flexibility index (Phi) is 3.30. The molecule has 3 rings (SSSR count). The van der Waals surface area contributed by atoms with E-state index in [2.05, 4.69) is 25.6 Å². The van der Waals surface area contributed by atoms with Gasteiger partial charge < -0.3 is 0 Å². The van der Waals surface area contributed by atoms with Gasteiger partial charge in [0.25, 0.3) is 0 Å². The Balaban J connectivity index is 1.81. The molecule has 1 N–H and O–H groups in total. The summed E-state index contributed by atoms with van der Waals surface area (Å²) in [6.07, 6.45) is 4.88. The van der Waals surface area contributed by atoms with Crippen molar-refractivity contribution < 1.29 is 0 Å². The maximum atomic E-state index is 5.82. The summed E-state index contributed by atoms with van der Waals surface area (Å²) >= 11 is 5.82. The normalized spacial score (nSPS) is 11.3. The van der Waals surface area contributed by atoms with Gasteiger partial charge in [-0.15, -0.1) is 0 Å². The van der Waals surface area contributed by atoms with E-state index >= 15 is 0 Å². The standard InChI is InChI=1S/C13H11ClN6/c1-20-13-11(7-18-20)12(15-8-16-13)19-17-6-9-2-4-10(14)5-3-9/h2-8H,1H3,(H,15,16,19). The molecule has 0 amide bonds. The summed E-state index contributed by atoms with van der Waals surface area (Å²) in [5.41, 5.74) is 4.59. The van der Waals surface area contributed by atoms with Crippen molar-refractivity contribution in [2.75, 3.05) is 5.43 Å². The van der Waals surface area contributed by atoms with Crippen LogP contribution < -0.4 is 5.43 Å². The van der Waals surface area contributed by atoms with E-state index in [1.54, 1.807) is 17.1 Å². The second-order valence-corrected chi connectivity index (χ2v) is 4.59. The Hall–Kier alpha value is -2.47. The lowest BCUT2D eigenvalue weighted by atomic mass is 10.2. The lowest BCUT2D eigenvalue weighted by Gasteiger charge is -2.00. The van der Waals surface area contributed by atoms with Crippen molar-refractivity contribution in [2.24, 2.45) is 12.1 Å². The van der Waals surface area contributed by atoms with Crippen molar-refractivity contribution in [2.45, 2.75) is 0 Å². The summed E-state index contributed by atoms with van der Waals surface area (Å²) in [5.74, 6) is 0.619. The molecule has 6 nitrogen and oxygen atoms in total. The van der Waals surface area contributed by atoms with Crippen LogP contribution in [0.3, 0.4) is 0 Å². The van der Waals surface area contributed by atoms with E-state index in [0.29, 0.717) is 10.8 Å². The van der Waals surface area contributed by atoms with Crippen molar-refractivity contribution in [3.8, 4) is 0 Å². The van der Waals surface area contributed by atoms with Gasteiger partial charge in [0, 0.05) is 12.1 Å². The van der Waals surface area contributed by atoms with Gasteiger partial charge in [-0.2, -0.15) is 10.2 Å². The Morgan fingerprint density at radius 2 is 2.05 bits per heavy atom. The number of hydrogen-bond acceptors (Lipinski definition) is 5. The molecule has 0 saturated heterocycles. The molecular weight excluding hydrogens is 276 g/mol. The molecule has 0 fully saturated rings. The van der Waals surface area contributed by atoms with Crippen LogP contribution in [0, 0.1) is 0 Å². The number of fused-ring (bicyclic) bond motifs is 1. The molecule has 1 aromatic carbocycles. The van der Waals surface area contributed by atoms with Crippen LogP contribution in [0.15, 0.2) is 41.9 Å². The summed E-state index contributed by atoms with van der Waals surface area (Å²) in [4.78, 5) is 8.32. The lowest BCUT2D eigenvalue weighted by molar-refractivity contribution is 0.785. The van der Waals surface area contributed by atoms with E-state index in [1.807, 2.05) is 31.3 Å². The Morgan fingerprint density at radius 3 is 2.85 bits per heavy atom. The largest absolute Gasteiger partial charge is 0.261 e. The third kappa shape index (κ3) is 2.46. The highest BCUT2D eigenvalue weighted by Gasteiger charge is 2.06. The highest BCUT2D eigenvalue weighted by atomic mass is 35.5. The zero-order chi connectivity index (χ0) is 13.9. The number of hydrogen-bond donors (Lipinski definition) is 1. The molecule has 0 aliphatic heterocycles. The van der Waals surface area contributed by atoms with E-state index in [1.165, 1.54) is 6.33 Å². The maximum Gasteiger partial charge on any atom is 0.163 e. The predicted molar refractivity (Wildman–Crippen MR) is 79.0 cm³/mol. The van der Waals surface area contributed by atoms with Gasteiger partial charge in [0.05, 0.1) is 17.8 Å². The minimum absolute atomic E-state index is 0.619. The van der Waals surface area contributed by atoms with Crippen LogP contribution >= 0.6 is 11.6 Å². The van der Waals surface area contributed by atoms with Crippen LogP contribution in [0.4, 0.5) is 5.82 Å². The lowest BCUT2D eigenvalue weighted by Crippen LogP contribution is -1.97. The highest BCUT2D eigenvalue weighted by Crippen LogP contribution is 2.17. The zero-order valence-corrected chi connectivity index (χ0v) is 11.4. The first-order valence-corrected chi connectivity index (χ1v) is 6.29. The molecule has 3 aromatic rings. The van der Waals surface area contributed by atoms with Crippen LogP contribution in [-0.4, -0.2) is 26.0 Å². The topological polar surface area (TPSA) is 68.0 Å². The zero-order valence-electron chi connectivity index (χ0n) is 10.7. The Bertz CT molecular complexity index is 762. The summed E-state index contributed by atoms with van der Waals surface area (Å²) in [5, 5.41) is 9.82. The van der Waals surface area contributed by atoms with E-state index in [-0.39, 0.29) is 0 Å². The van der Waals surface area contributed by atoms with Gasteiger partial charge in [-0.3, -0.25) is 10.1 Å². The van der Waals surface area contributed by atoms with Crippen molar-refractivity contribution in [3.63, 3.8) is 0 Å². The molecule has 0 bridgehead atoms. The molecule has 100 valence electrons. The quantitative estimate of drug-likeness (QED) is 0.593. The number of aromatic nitrogens is 4. The number of nitrogens with zero attached hydrogens (tertiary/aromatic N) is 5. The molecular formula is C13H11ClN6. The van der Waals surface area contributed by atoms with Crippen LogP contribution in [0.5, 0.6) is 0 Å². The van der Waals surface area contributed by atoms with Crippen LogP contribution in [0.1, 0.15) is 5.56 Å². The van der Waals surface area contributed by atoms with E-state index in [9.17, 15) is 0 Å². The van der Waals surface area contributed by atoms with E-state index in [4.69, 9.17) is 11.6 Å². The predicted octanol–water partition coefficient (Wildman–Crippen LogP) is 2.46. The number of nitrogens with one attached hydrogen (secondary N) is 1. The van der Waals surface area contributed by atoms with Gasteiger partial charge in [0.2, 0.25) is 0 Å². The molecule has 0 atom stereocenters. The maximum absolute atomic E-state index is 5.82. The van der Waals surface area contributed by atoms with Gasteiger partial charge in [-0.25, -0.2) is 9.97 Å². The van der Waals surface area contributed by atoms with Crippen molar-refractivity contribution in [1.29, 1.82) is 0 Å². The second-order valence-electron chi connectivity index (χ2n) is 4.15. The first kappa shape index (κ1) is 12.6. The fourth-order valence-electron chi connectivity index (χ4n) is 1.77. The van der Waals surface area contributed by atoms with Crippen LogP contribution in [0.2, 0.25) is 5.02 Å². The first-order valence-electron chi connectivity index (χ1n) is 5.91. The molecule has 0 aliphatic rings. The molecule has 0 spiro atoms. The number of benzene rings is 1. The average molecular weight is 287 g/mol. The van der Waals surface area contributed by atoms with Gasteiger partial charge in [-0.1, -0.05) is 23.7 Å². The molecule has 20 heavy (non-hydrogen) atoms. The second kappa shape index (κ2) is 5.26. The van der Waals surface area contributed by atoms with Gasteiger partial charge in [-0.05, 0) is 17.7 Å². The molecule has 0 saturated carbocycles. The monoisotopic (exact) mass is 286 g/mol. The summed E-state index contributed by atoms with van der Waals surface area (Å²) in [7, 11) is 1.83. The van der Waals surface area contributed by atoms with Crippen molar-refractivity contribution in [3.05, 3.63) is 47.4 Å². The number of halogens is 1. The number of rotatable bonds is 3. The SMILES string of the molecule is Cn1ncc2c(NN=Cc3ccc(Cl)cc3)ncnc21. The molecule has 0 unspecified atom stereocenters. The van der Waals surface area contributed by atoms with Crippen molar-refractivity contribution in [1.82, 2.24) is 19.7 Å².